The number of rotatable bonds is 4. The second-order valence-corrected chi connectivity index (χ2v) is 2.97. The van der Waals surface area contributed by atoms with Crippen LogP contribution in [0.4, 0.5) is 0 Å². The highest BCUT2D eigenvalue weighted by Gasteiger charge is 2.05. The van der Waals surface area contributed by atoms with Gasteiger partial charge in [-0.3, -0.25) is 9.80 Å². The van der Waals surface area contributed by atoms with E-state index in [1.54, 1.807) is 31.4 Å². The van der Waals surface area contributed by atoms with E-state index >= 15 is 0 Å². The summed E-state index contributed by atoms with van der Waals surface area (Å²) in [5, 5.41) is 0.986. The number of nitrogens with zero attached hydrogens (tertiary/aromatic N) is 1. The molecule has 0 aliphatic heterocycles. The van der Waals surface area contributed by atoms with Gasteiger partial charge in [0.15, 0.2) is 6.61 Å². The molecule has 0 saturated carbocycles. The first kappa shape index (κ1) is 11.3. The number of carbonyl (C=O) groups is 1. The molecule has 2 N–H and O–H groups in total. The Labute approximate surface area is 88.3 Å². The Morgan fingerprint density at radius 2 is 2.13 bits per heavy atom. The lowest BCUT2D eigenvalue weighted by atomic mass is 10.3. The van der Waals surface area contributed by atoms with Crippen molar-refractivity contribution >= 4 is 5.91 Å². The van der Waals surface area contributed by atoms with Crippen LogP contribution in [0.15, 0.2) is 24.3 Å². The van der Waals surface area contributed by atoms with Gasteiger partial charge in [0.25, 0.3) is 5.91 Å². The van der Waals surface area contributed by atoms with Gasteiger partial charge in [-0.25, -0.2) is 5.84 Å². The number of hydrogen-bond donors (Lipinski definition) is 1. The van der Waals surface area contributed by atoms with E-state index in [1.165, 1.54) is 7.05 Å². The average Bonchev–Trinajstić information content (AvgIpc) is 2.26. The van der Waals surface area contributed by atoms with Crippen molar-refractivity contribution in [2.24, 2.45) is 5.84 Å². The maximum atomic E-state index is 11.1. The van der Waals surface area contributed by atoms with Crippen molar-refractivity contribution in [2.45, 2.75) is 0 Å². The second kappa shape index (κ2) is 5.21. The standard InChI is InChI=1S/C10H14N2O3/c1-12(11)10(13)7-15-9-5-3-4-8(6-9)14-2/h3-6H,7,11H2,1-2H3. The topological polar surface area (TPSA) is 64.8 Å². The van der Waals surface area contributed by atoms with E-state index in [0.717, 1.165) is 5.01 Å². The second-order valence-electron chi connectivity index (χ2n) is 2.97. The first-order valence-electron chi connectivity index (χ1n) is 4.41. The smallest absolute Gasteiger partial charge is 0.274 e. The lowest BCUT2D eigenvalue weighted by Crippen LogP contribution is -2.36. The van der Waals surface area contributed by atoms with Crippen LogP contribution in [0.2, 0.25) is 0 Å². The van der Waals surface area contributed by atoms with Crippen LogP contribution >= 0.6 is 0 Å². The van der Waals surface area contributed by atoms with E-state index in [9.17, 15) is 4.79 Å². The molecule has 15 heavy (non-hydrogen) atoms. The first-order chi connectivity index (χ1) is 7.13. The summed E-state index contributed by atoms with van der Waals surface area (Å²) in [7, 11) is 3.04. The SMILES string of the molecule is COc1cccc(OCC(=O)N(C)N)c1. The van der Waals surface area contributed by atoms with Crippen LogP contribution in [0.5, 0.6) is 11.5 Å². The molecule has 0 aliphatic rings. The molecule has 5 nitrogen and oxygen atoms in total. The number of hydrogen-bond acceptors (Lipinski definition) is 4. The zero-order valence-electron chi connectivity index (χ0n) is 8.77. The van der Waals surface area contributed by atoms with Crippen molar-refractivity contribution in [3.8, 4) is 11.5 Å². The highest BCUT2D eigenvalue weighted by atomic mass is 16.5. The molecule has 0 atom stereocenters. The Bertz CT molecular complexity index is 339. The third kappa shape index (κ3) is 3.47. The van der Waals surface area contributed by atoms with Crippen LogP contribution in [-0.2, 0) is 4.79 Å². The van der Waals surface area contributed by atoms with Crippen LogP contribution in [0, 0.1) is 0 Å². The molecule has 0 aromatic heterocycles. The van der Waals surface area contributed by atoms with Crippen molar-refractivity contribution in [2.75, 3.05) is 20.8 Å². The third-order valence-corrected chi connectivity index (χ3v) is 1.80. The van der Waals surface area contributed by atoms with Gasteiger partial charge in [-0.05, 0) is 12.1 Å². The molecule has 82 valence electrons. The predicted octanol–water partition coefficient (Wildman–Crippen LogP) is 0.406. The quantitative estimate of drug-likeness (QED) is 0.444. The first-order valence-corrected chi connectivity index (χ1v) is 4.41. The maximum absolute atomic E-state index is 11.1. The van der Waals surface area contributed by atoms with Crippen LogP contribution in [0.1, 0.15) is 0 Å². The van der Waals surface area contributed by atoms with E-state index in [1.807, 2.05) is 0 Å². The van der Waals surface area contributed by atoms with Gasteiger partial charge in [0.05, 0.1) is 7.11 Å². The van der Waals surface area contributed by atoms with Crippen molar-refractivity contribution in [3.05, 3.63) is 24.3 Å². The summed E-state index contributed by atoms with van der Waals surface area (Å²) >= 11 is 0. The Hall–Kier alpha value is -1.75. The van der Waals surface area contributed by atoms with Crippen LogP contribution in [0.3, 0.4) is 0 Å². The summed E-state index contributed by atoms with van der Waals surface area (Å²) in [4.78, 5) is 11.1. The number of benzene rings is 1. The summed E-state index contributed by atoms with van der Waals surface area (Å²) in [6.45, 7) is -0.0832. The van der Waals surface area contributed by atoms with Crippen LogP contribution in [-0.4, -0.2) is 31.7 Å². The summed E-state index contributed by atoms with van der Waals surface area (Å²) in [6.07, 6.45) is 0. The number of carbonyl (C=O) groups excluding carboxylic acids is 1. The molecule has 1 aromatic rings. The number of likely N-dealkylation sites (N-methyl/N-ethyl adjacent to an activating group) is 1. The predicted molar refractivity (Wildman–Crippen MR) is 55.4 cm³/mol. The molecule has 0 radical (unpaired) electrons. The fourth-order valence-corrected chi connectivity index (χ4v) is 0.938. The fraction of sp³-hybridized carbons (Fsp3) is 0.300. The largest absolute Gasteiger partial charge is 0.497 e. The average molecular weight is 210 g/mol. The number of methoxy groups -OCH3 is 1. The number of hydrazine groups is 1. The lowest BCUT2D eigenvalue weighted by molar-refractivity contribution is -0.132. The molecule has 1 aromatic carbocycles. The van der Waals surface area contributed by atoms with E-state index in [0.29, 0.717) is 11.5 Å². The Kier molecular flexibility index (Phi) is 3.93. The Morgan fingerprint density at radius 3 is 2.73 bits per heavy atom. The van der Waals surface area contributed by atoms with Crippen molar-refractivity contribution in [3.63, 3.8) is 0 Å². The van der Waals surface area contributed by atoms with Gasteiger partial charge in [-0.2, -0.15) is 0 Å². The monoisotopic (exact) mass is 210 g/mol. The van der Waals surface area contributed by atoms with E-state index in [4.69, 9.17) is 15.3 Å². The zero-order chi connectivity index (χ0) is 11.3. The maximum Gasteiger partial charge on any atom is 0.274 e. The summed E-state index contributed by atoms with van der Waals surface area (Å²) in [6, 6.07) is 7.02. The van der Waals surface area contributed by atoms with Crippen LogP contribution in [0.25, 0.3) is 0 Å². The van der Waals surface area contributed by atoms with E-state index in [2.05, 4.69) is 0 Å². The molecule has 0 aliphatic carbocycles. The minimum Gasteiger partial charge on any atom is -0.497 e. The van der Waals surface area contributed by atoms with E-state index < -0.39 is 0 Å². The number of amides is 1. The molecule has 0 saturated heterocycles. The molecular weight excluding hydrogens is 196 g/mol. The molecule has 5 heteroatoms. The highest BCUT2D eigenvalue weighted by molar-refractivity contribution is 5.76. The van der Waals surface area contributed by atoms with Gasteiger partial charge < -0.3 is 9.47 Å². The Balaban J connectivity index is 2.54. The molecule has 0 unspecified atom stereocenters. The van der Waals surface area contributed by atoms with Gasteiger partial charge in [0.1, 0.15) is 11.5 Å². The molecule has 0 heterocycles. The summed E-state index contributed by atoms with van der Waals surface area (Å²) in [5.41, 5.74) is 0. The molecule has 0 fully saturated rings. The number of ether oxygens (including phenoxy) is 2. The minimum absolute atomic E-state index is 0.0832. The minimum atomic E-state index is -0.294. The van der Waals surface area contributed by atoms with Crippen molar-refractivity contribution < 1.29 is 14.3 Å². The Morgan fingerprint density at radius 1 is 1.47 bits per heavy atom. The molecule has 1 rings (SSSR count). The summed E-state index contributed by atoms with van der Waals surface area (Å²) < 4.78 is 10.2. The zero-order valence-corrected chi connectivity index (χ0v) is 8.77. The van der Waals surface area contributed by atoms with Crippen molar-refractivity contribution in [1.82, 2.24) is 5.01 Å². The lowest BCUT2D eigenvalue weighted by Gasteiger charge is -2.11. The highest BCUT2D eigenvalue weighted by Crippen LogP contribution is 2.18. The molecule has 0 spiro atoms. The molecular formula is C10H14N2O3. The van der Waals surface area contributed by atoms with Crippen molar-refractivity contribution in [1.29, 1.82) is 0 Å². The number of nitrogens with two attached hydrogens (primary N) is 1. The van der Waals surface area contributed by atoms with Gasteiger partial charge in [0.2, 0.25) is 0 Å². The normalized spacial score (nSPS) is 9.53. The van der Waals surface area contributed by atoms with Gasteiger partial charge in [-0.1, -0.05) is 6.07 Å². The third-order valence-electron chi connectivity index (χ3n) is 1.80. The van der Waals surface area contributed by atoms with Crippen LogP contribution < -0.4 is 15.3 Å². The van der Waals surface area contributed by atoms with Gasteiger partial charge in [0, 0.05) is 13.1 Å². The molecule has 1 amide bonds. The molecule has 0 bridgehead atoms. The van der Waals surface area contributed by atoms with Gasteiger partial charge in [-0.15, -0.1) is 0 Å². The fourth-order valence-electron chi connectivity index (χ4n) is 0.938. The van der Waals surface area contributed by atoms with E-state index in [-0.39, 0.29) is 12.5 Å². The van der Waals surface area contributed by atoms with Gasteiger partial charge >= 0.3 is 0 Å². The summed E-state index contributed by atoms with van der Waals surface area (Å²) in [5.74, 6) is 6.20.